The first kappa shape index (κ1) is 38.2. The fourth-order valence-corrected chi connectivity index (χ4v) is 0. The third-order valence-electron chi connectivity index (χ3n) is 0. The molecule has 5 heavy (non-hydrogen) atoms. The van der Waals surface area contributed by atoms with Gasteiger partial charge in [-0.15, -0.1) is 0 Å². The zero-order valence-electron chi connectivity index (χ0n) is 2.41. The maximum absolute atomic E-state index is 0. The van der Waals surface area contributed by atoms with Gasteiger partial charge in [0.25, 0.3) is 0 Å². The molecule has 0 aromatic rings. The Morgan fingerprint density at radius 1 is 0.600 bits per heavy atom. The van der Waals surface area contributed by atoms with Crippen LogP contribution in [-0.4, -0.2) is 0 Å². The number of rotatable bonds is 0. The van der Waals surface area contributed by atoms with Crippen molar-refractivity contribution >= 4 is 0 Å². The molecule has 0 aliphatic rings. The zero-order chi connectivity index (χ0) is 0. The molecule has 17 valence electrons. The molecule has 0 aliphatic heterocycles. The summed E-state index contributed by atoms with van der Waals surface area (Å²) in [6.45, 7) is 0. The molecule has 0 unspecified atom stereocenters. The molecule has 0 spiro atoms. The van der Waals surface area contributed by atoms with E-state index in [-0.39, 0.29) is 122 Å². The molecule has 0 saturated carbocycles. The van der Waals surface area contributed by atoms with Gasteiger partial charge in [0.05, 0.1) is 0 Å². The standard InChI is InChI=1S/Ce.2FH.2La/h;2*1H;;/q+3;;;2*+3/p-2. The Morgan fingerprint density at radius 2 is 0.600 bits per heavy atom. The third-order valence-corrected chi connectivity index (χ3v) is 0. The van der Waals surface area contributed by atoms with Crippen molar-refractivity contribution in [2.24, 2.45) is 0 Å². The molecular weight excluding hydrogens is 456 g/mol. The van der Waals surface area contributed by atoms with Gasteiger partial charge in [0.2, 0.25) is 0 Å². The fraction of sp³-hybridized carbons (Fsp3) is 0. The first-order chi connectivity index (χ1) is 0. The van der Waals surface area contributed by atoms with Gasteiger partial charge in [0.1, 0.15) is 0 Å². The number of halogens is 2. The minimum atomic E-state index is 0. The molecule has 5 heteroatoms. The molecule has 0 atom stereocenters. The van der Waals surface area contributed by atoms with Crippen molar-refractivity contribution in [1.29, 1.82) is 0 Å². The van der Waals surface area contributed by atoms with Crippen LogP contribution in [0.1, 0.15) is 0 Å². The molecule has 0 saturated heterocycles. The van der Waals surface area contributed by atoms with Crippen molar-refractivity contribution < 1.29 is 122 Å². The van der Waals surface area contributed by atoms with E-state index in [0.29, 0.717) is 0 Å². The zero-order valence-corrected chi connectivity index (χ0v) is 12.8. The van der Waals surface area contributed by atoms with Crippen molar-refractivity contribution in [3.8, 4) is 0 Å². The topological polar surface area (TPSA) is 0 Å². The molecule has 0 amide bonds. The van der Waals surface area contributed by atoms with Gasteiger partial charge in [-0.1, -0.05) is 0 Å². The van der Waals surface area contributed by atoms with Gasteiger partial charge in [-0.05, 0) is 0 Å². The monoisotopic (exact) mass is 456 g/mol. The minimum Gasteiger partial charge on any atom is -1.00 e. The Kier molecular flexibility index (Phi) is 194. The van der Waals surface area contributed by atoms with Crippen molar-refractivity contribution in [3.05, 3.63) is 0 Å². The van der Waals surface area contributed by atoms with Crippen LogP contribution in [0.5, 0.6) is 0 Å². The normalized spacial score (nSPS) is 0. The summed E-state index contributed by atoms with van der Waals surface area (Å²) < 4.78 is 0. The molecular formula is CeF2La2+7. The van der Waals surface area contributed by atoms with E-state index < -0.39 is 0 Å². The molecule has 0 bridgehead atoms. The van der Waals surface area contributed by atoms with Crippen LogP contribution < -0.4 is 9.41 Å². The quantitative estimate of drug-likeness (QED) is 0.341. The second kappa shape index (κ2) is 25.5. The number of hydrogen-bond donors (Lipinski definition) is 0. The maximum Gasteiger partial charge on any atom is 3.00 e. The second-order valence-electron chi connectivity index (χ2n) is 0. The first-order valence-corrected chi connectivity index (χ1v) is 0. The fourth-order valence-electron chi connectivity index (χ4n) is 0. The van der Waals surface area contributed by atoms with E-state index in [1.54, 1.807) is 0 Å². The average Bonchev–Trinajstić information content (AvgIpc) is 0. The summed E-state index contributed by atoms with van der Waals surface area (Å²) in [5.41, 5.74) is 0. The van der Waals surface area contributed by atoms with Crippen molar-refractivity contribution in [2.75, 3.05) is 0 Å². The molecule has 0 rings (SSSR count). The van der Waals surface area contributed by atoms with Crippen LogP contribution in [0.25, 0.3) is 0 Å². The predicted octanol–water partition coefficient (Wildman–Crippen LogP) is -5.99. The predicted molar refractivity (Wildman–Crippen MR) is 0 cm³/mol. The van der Waals surface area contributed by atoms with Crippen molar-refractivity contribution in [2.45, 2.75) is 0 Å². The van der Waals surface area contributed by atoms with E-state index in [0.717, 1.165) is 0 Å². The molecule has 0 N–H and O–H groups in total. The van der Waals surface area contributed by atoms with E-state index >= 15 is 0 Å². The van der Waals surface area contributed by atoms with Crippen LogP contribution in [-0.2, 0) is 0 Å². The van der Waals surface area contributed by atoms with E-state index in [9.17, 15) is 0 Å². The second-order valence-corrected chi connectivity index (χ2v) is 0. The largest absolute Gasteiger partial charge is 3.00 e. The van der Waals surface area contributed by atoms with Gasteiger partial charge in [0.15, 0.2) is 0 Å². The van der Waals surface area contributed by atoms with Crippen LogP contribution >= 0.6 is 0 Å². The van der Waals surface area contributed by atoms with Crippen LogP contribution in [0.4, 0.5) is 0 Å². The number of hydrogen-bond acceptors (Lipinski definition) is 0. The summed E-state index contributed by atoms with van der Waals surface area (Å²) in [4.78, 5) is 0. The van der Waals surface area contributed by atoms with E-state index in [2.05, 4.69) is 0 Å². The van der Waals surface area contributed by atoms with Gasteiger partial charge in [-0.2, -0.15) is 0 Å². The van der Waals surface area contributed by atoms with Gasteiger partial charge in [-0.3, -0.25) is 0 Å². The Bertz CT molecular complexity index is 7.61. The van der Waals surface area contributed by atoms with Crippen LogP contribution in [0.15, 0.2) is 0 Å². The van der Waals surface area contributed by atoms with Crippen LogP contribution in [0.2, 0.25) is 0 Å². The van der Waals surface area contributed by atoms with Crippen molar-refractivity contribution in [1.82, 2.24) is 0 Å². The Labute approximate surface area is 119 Å². The smallest absolute Gasteiger partial charge is 1.00 e. The van der Waals surface area contributed by atoms with E-state index in [1.165, 1.54) is 0 Å². The van der Waals surface area contributed by atoms with E-state index in [4.69, 9.17) is 0 Å². The molecule has 1 radical (unpaired) electrons. The Hall–Kier alpha value is 3.63. The molecule has 0 nitrogen and oxygen atoms in total. The Balaban J connectivity index is 0. The summed E-state index contributed by atoms with van der Waals surface area (Å²) in [6.07, 6.45) is 0. The average molecular weight is 456 g/mol. The summed E-state index contributed by atoms with van der Waals surface area (Å²) in [6, 6.07) is 0. The van der Waals surface area contributed by atoms with Gasteiger partial charge in [-0.25, -0.2) is 0 Å². The van der Waals surface area contributed by atoms with Gasteiger partial charge < -0.3 is 9.41 Å². The molecule has 0 heterocycles. The van der Waals surface area contributed by atoms with E-state index in [1.807, 2.05) is 0 Å². The summed E-state index contributed by atoms with van der Waals surface area (Å²) >= 11 is 0. The Morgan fingerprint density at radius 3 is 0.600 bits per heavy atom. The molecule has 0 fully saturated rings. The summed E-state index contributed by atoms with van der Waals surface area (Å²) in [5, 5.41) is 0. The van der Waals surface area contributed by atoms with Gasteiger partial charge >= 0.3 is 113 Å². The first-order valence-electron chi connectivity index (χ1n) is 0. The molecule has 0 aromatic heterocycles. The van der Waals surface area contributed by atoms with Crippen LogP contribution in [0.3, 0.4) is 0 Å². The van der Waals surface area contributed by atoms with Crippen molar-refractivity contribution in [3.63, 3.8) is 0 Å². The van der Waals surface area contributed by atoms with Gasteiger partial charge in [0, 0.05) is 0 Å². The molecule has 0 aliphatic carbocycles. The molecule has 0 aromatic carbocycles. The van der Waals surface area contributed by atoms with Crippen LogP contribution in [0, 0.1) is 113 Å². The summed E-state index contributed by atoms with van der Waals surface area (Å²) in [7, 11) is 0. The minimum absolute atomic E-state index is 0. The SMILES string of the molecule is [Ce+3].[F-].[F-].[La+3].[La+3]. The summed E-state index contributed by atoms with van der Waals surface area (Å²) in [5.74, 6) is 0. The maximum atomic E-state index is 0. The third kappa shape index (κ3) is 18.4.